The average Bonchev–Trinajstić information content (AvgIpc) is 3.09. The van der Waals surface area contributed by atoms with Gasteiger partial charge in [0.1, 0.15) is 23.9 Å². The molecule has 0 radical (unpaired) electrons. The van der Waals surface area contributed by atoms with Crippen molar-refractivity contribution in [2.75, 3.05) is 13.1 Å². The van der Waals surface area contributed by atoms with Crippen LogP contribution >= 0.6 is 0 Å². The van der Waals surface area contributed by atoms with Crippen LogP contribution < -0.4 is 5.56 Å². The summed E-state index contributed by atoms with van der Waals surface area (Å²) in [6.45, 7) is 4.70. The number of hydrogen-bond acceptors (Lipinski definition) is 6. The molecule has 0 atom stereocenters. The zero-order chi connectivity index (χ0) is 19.6. The van der Waals surface area contributed by atoms with E-state index in [4.69, 9.17) is 0 Å². The lowest BCUT2D eigenvalue weighted by Crippen LogP contribution is -2.36. The predicted octanol–water partition coefficient (Wildman–Crippen LogP) is 1.36. The van der Waals surface area contributed by atoms with Crippen LogP contribution in [0, 0.1) is 10.1 Å². The summed E-state index contributed by atoms with van der Waals surface area (Å²) in [7, 11) is 0. The molecule has 2 aromatic heterocycles. The van der Waals surface area contributed by atoms with Crippen LogP contribution in [0.4, 0.5) is 5.69 Å². The highest BCUT2D eigenvalue weighted by molar-refractivity contribution is 5.78. The van der Waals surface area contributed by atoms with Gasteiger partial charge < -0.3 is 4.90 Å². The number of hydrogen-bond donors (Lipinski definition) is 0. The second-order valence-corrected chi connectivity index (χ2v) is 5.78. The first-order chi connectivity index (χ1) is 13.0. The van der Waals surface area contributed by atoms with E-state index in [1.54, 1.807) is 17.0 Å². The van der Waals surface area contributed by atoms with Crippen LogP contribution in [0.15, 0.2) is 41.6 Å². The number of nitrogens with zero attached hydrogens (tertiary/aromatic N) is 6. The maximum atomic E-state index is 12.7. The second-order valence-electron chi connectivity index (χ2n) is 5.78. The Balaban J connectivity index is 2.05. The molecule has 0 aliphatic heterocycles. The Hall–Kier alpha value is -3.56. The highest BCUT2D eigenvalue weighted by Crippen LogP contribution is 2.23. The second kappa shape index (κ2) is 7.36. The highest BCUT2D eigenvalue weighted by atomic mass is 16.6. The number of carbonyl (C=O) groups is 1. The normalized spacial score (nSPS) is 10.9. The minimum atomic E-state index is -0.521. The minimum Gasteiger partial charge on any atom is -0.342 e. The van der Waals surface area contributed by atoms with Gasteiger partial charge in [-0.3, -0.25) is 24.3 Å². The zero-order valence-electron chi connectivity index (χ0n) is 14.9. The molecule has 0 unspecified atom stereocenters. The van der Waals surface area contributed by atoms with Crippen LogP contribution in [0.1, 0.15) is 13.8 Å². The van der Waals surface area contributed by atoms with Gasteiger partial charge in [0.2, 0.25) is 5.91 Å². The van der Waals surface area contributed by atoms with Gasteiger partial charge in [0.15, 0.2) is 5.65 Å². The monoisotopic (exact) mass is 370 g/mol. The predicted molar refractivity (Wildman–Crippen MR) is 97.7 cm³/mol. The molecule has 1 amide bonds. The fourth-order valence-corrected chi connectivity index (χ4v) is 2.86. The van der Waals surface area contributed by atoms with Crippen LogP contribution in [-0.4, -0.2) is 48.2 Å². The van der Waals surface area contributed by atoms with Crippen molar-refractivity contribution in [1.82, 2.24) is 24.2 Å². The third-order valence-electron chi connectivity index (χ3n) is 4.28. The van der Waals surface area contributed by atoms with Gasteiger partial charge in [0.25, 0.3) is 11.2 Å². The molecule has 2 heterocycles. The topological polar surface area (TPSA) is 116 Å². The number of likely N-dealkylation sites (N-methyl/N-ethyl adjacent to an activating group) is 1. The third-order valence-corrected chi connectivity index (χ3v) is 4.28. The maximum Gasteiger partial charge on any atom is 0.294 e. The molecule has 3 rings (SSSR count). The van der Waals surface area contributed by atoms with Crippen LogP contribution in [0.25, 0.3) is 16.7 Å². The van der Waals surface area contributed by atoms with E-state index >= 15 is 0 Å². The van der Waals surface area contributed by atoms with Gasteiger partial charge in [-0.1, -0.05) is 12.1 Å². The molecule has 10 heteroatoms. The molecule has 1 aromatic carbocycles. The molecule has 0 aliphatic carbocycles. The molecule has 140 valence electrons. The van der Waals surface area contributed by atoms with Crippen LogP contribution in [0.5, 0.6) is 0 Å². The van der Waals surface area contributed by atoms with Crippen LogP contribution in [0.3, 0.4) is 0 Å². The molecule has 0 N–H and O–H groups in total. The van der Waals surface area contributed by atoms with Crippen molar-refractivity contribution in [3.05, 3.63) is 57.3 Å². The first-order valence-corrected chi connectivity index (χ1v) is 8.42. The van der Waals surface area contributed by atoms with Crippen LogP contribution in [-0.2, 0) is 11.3 Å². The number of para-hydroxylation sites is 2. The van der Waals surface area contributed by atoms with Crippen molar-refractivity contribution in [1.29, 1.82) is 0 Å². The van der Waals surface area contributed by atoms with Gasteiger partial charge in [0, 0.05) is 19.2 Å². The molecule has 0 aliphatic rings. The lowest BCUT2D eigenvalue weighted by atomic mass is 10.2. The molecule has 0 bridgehead atoms. The van der Waals surface area contributed by atoms with E-state index in [-0.39, 0.29) is 34.9 Å². The Morgan fingerprint density at radius 2 is 1.96 bits per heavy atom. The van der Waals surface area contributed by atoms with Gasteiger partial charge in [-0.05, 0) is 19.9 Å². The van der Waals surface area contributed by atoms with E-state index in [0.29, 0.717) is 13.1 Å². The van der Waals surface area contributed by atoms with E-state index in [9.17, 15) is 19.7 Å². The number of nitro groups is 1. The van der Waals surface area contributed by atoms with Gasteiger partial charge in [-0.15, -0.1) is 0 Å². The third kappa shape index (κ3) is 3.28. The van der Waals surface area contributed by atoms with Crippen molar-refractivity contribution in [2.45, 2.75) is 20.4 Å². The van der Waals surface area contributed by atoms with Crippen molar-refractivity contribution in [2.24, 2.45) is 0 Å². The van der Waals surface area contributed by atoms with E-state index in [2.05, 4.69) is 10.1 Å². The van der Waals surface area contributed by atoms with Crippen molar-refractivity contribution in [3.63, 3.8) is 0 Å². The number of amides is 1. The van der Waals surface area contributed by atoms with E-state index < -0.39 is 10.5 Å². The van der Waals surface area contributed by atoms with Gasteiger partial charge in [0.05, 0.1) is 11.1 Å². The summed E-state index contributed by atoms with van der Waals surface area (Å²) in [4.78, 5) is 41.5. The fourth-order valence-electron chi connectivity index (χ4n) is 2.86. The number of nitro benzene ring substituents is 1. The molecule has 10 nitrogen and oxygen atoms in total. The van der Waals surface area contributed by atoms with Gasteiger partial charge in [-0.25, -0.2) is 9.67 Å². The lowest BCUT2D eigenvalue weighted by Gasteiger charge is -2.18. The van der Waals surface area contributed by atoms with E-state index in [1.807, 2.05) is 13.8 Å². The molecule has 0 fully saturated rings. The molecular weight excluding hydrogens is 352 g/mol. The number of aromatic nitrogens is 4. The van der Waals surface area contributed by atoms with Crippen molar-refractivity contribution < 1.29 is 9.72 Å². The molecule has 0 saturated carbocycles. The molecule has 3 aromatic rings. The van der Waals surface area contributed by atoms with E-state index in [1.165, 1.54) is 33.9 Å². The molecular formula is C17H18N6O4. The summed E-state index contributed by atoms with van der Waals surface area (Å²) in [6, 6.07) is 6.07. The Morgan fingerprint density at radius 3 is 2.63 bits per heavy atom. The zero-order valence-corrected chi connectivity index (χ0v) is 14.9. The standard InChI is InChI=1S/C17H18N6O4/c1-3-20(4-2)15(24)10-21-11-18-16-12(17(21)25)9-19-22(16)13-7-5-6-8-14(13)23(26)27/h5-9,11H,3-4,10H2,1-2H3. The quantitative estimate of drug-likeness (QED) is 0.478. The Kier molecular flexibility index (Phi) is 4.97. The summed E-state index contributed by atoms with van der Waals surface area (Å²) in [5, 5.41) is 15.5. The molecule has 0 saturated heterocycles. The average molecular weight is 370 g/mol. The minimum absolute atomic E-state index is 0.125. The summed E-state index contributed by atoms with van der Waals surface area (Å²) < 4.78 is 2.47. The summed E-state index contributed by atoms with van der Waals surface area (Å²) in [5.74, 6) is -0.186. The van der Waals surface area contributed by atoms with Crippen LogP contribution in [0.2, 0.25) is 0 Å². The number of fused-ring (bicyclic) bond motifs is 1. The number of carbonyl (C=O) groups excluding carboxylic acids is 1. The summed E-state index contributed by atoms with van der Waals surface area (Å²) in [6.07, 6.45) is 2.57. The lowest BCUT2D eigenvalue weighted by molar-refractivity contribution is -0.384. The SMILES string of the molecule is CCN(CC)C(=O)Cn1cnc2c(cnn2-c2ccccc2[N+](=O)[O-])c1=O. The molecule has 0 spiro atoms. The molecule has 27 heavy (non-hydrogen) atoms. The fraction of sp³-hybridized carbons (Fsp3) is 0.294. The number of rotatable bonds is 6. The van der Waals surface area contributed by atoms with Gasteiger partial charge in [-0.2, -0.15) is 5.10 Å². The summed E-state index contributed by atoms with van der Waals surface area (Å²) >= 11 is 0. The largest absolute Gasteiger partial charge is 0.342 e. The Labute approximate surface area is 153 Å². The Morgan fingerprint density at radius 1 is 1.26 bits per heavy atom. The van der Waals surface area contributed by atoms with Crippen molar-refractivity contribution in [3.8, 4) is 5.69 Å². The Bertz CT molecular complexity index is 1070. The first-order valence-electron chi connectivity index (χ1n) is 8.42. The smallest absolute Gasteiger partial charge is 0.294 e. The highest BCUT2D eigenvalue weighted by Gasteiger charge is 2.20. The van der Waals surface area contributed by atoms with E-state index in [0.717, 1.165) is 0 Å². The summed E-state index contributed by atoms with van der Waals surface area (Å²) in [5.41, 5.74) is -0.169. The maximum absolute atomic E-state index is 12.7. The first kappa shape index (κ1) is 18.2. The number of benzene rings is 1. The van der Waals surface area contributed by atoms with Crippen molar-refractivity contribution >= 4 is 22.6 Å². The van der Waals surface area contributed by atoms with Gasteiger partial charge >= 0.3 is 0 Å².